The largest absolute Gasteiger partial charge is 0.325 e. The number of aryl methyl sites for hydroxylation is 4. The summed E-state index contributed by atoms with van der Waals surface area (Å²) in [6.45, 7) is 5.84. The second kappa shape index (κ2) is 7.92. The van der Waals surface area contributed by atoms with Crippen LogP contribution in [-0.2, 0) is 17.6 Å². The standard InChI is InChI=1S/C21H23N3OS/c1-13-8-9-14(2)19(10-13)23-20(25)15(3)26-21-17(12-22)11-16-6-4-5-7-18(16)24-21/h8-11,15H,4-7H2,1-3H3,(H,23,25)/t15-/m1/s1. The zero-order valence-corrected chi connectivity index (χ0v) is 16.2. The van der Waals surface area contributed by atoms with Gasteiger partial charge in [0.1, 0.15) is 11.1 Å². The van der Waals surface area contributed by atoms with Gasteiger partial charge in [-0.2, -0.15) is 5.26 Å². The van der Waals surface area contributed by atoms with Crippen LogP contribution in [0.4, 0.5) is 5.69 Å². The number of anilines is 1. The highest BCUT2D eigenvalue weighted by molar-refractivity contribution is 8.00. The molecule has 1 N–H and O–H groups in total. The highest BCUT2D eigenvalue weighted by Crippen LogP contribution is 2.30. The lowest BCUT2D eigenvalue weighted by Gasteiger charge is -2.18. The Bertz CT molecular complexity index is 886. The van der Waals surface area contributed by atoms with Crippen LogP contribution in [0.15, 0.2) is 29.3 Å². The van der Waals surface area contributed by atoms with E-state index in [4.69, 9.17) is 4.98 Å². The summed E-state index contributed by atoms with van der Waals surface area (Å²) < 4.78 is 0. The summed E-state index contributed by atoms with van der Waals surface area (Å²) in [7, 11) is 0. The van der Waals surface area contributed by atoms with Gasteiger partial charge in [-0.1, -0.05) is 23.9 Å². The van der Waals surface area contributed by atoms with Gasteiger partial charge in [-0.3, -0.25) is 4.79 Å². The molecule has 0 fully saturated rings. The number of carbonyl (C=O) groups excluding carboxylic acids is 1. The molecule has 0 bridgehead atoms. The fourth-order valence-electron chi connectivity index (χ4n) is 3.11. The molecule has 3 rings (SSSR count). The highest BCUT2D eigenvalue weighted by Gasteiger charge is 2.21. The monoisotopic (exact) mass is 365 g/mol. The van der Waals surface area contributed by atoms with Crippen molar-refractivity contribution in [2.45, 2.75) is 56.7 Å². The van der Waals surface area contributed by atoms with Crippen LogP contribution in [0.25, 0.3) is 0 Å². The number of pyridine rings is 1. The summed E-state index contributed by atoms with van der Waals surface area (Å²) in [4.78, 5) is 17.3. The van der Waals surface area contributed by atoms with E-state index in [1.54, 1.807) is 0 Å². The van der Waals surface area contributed by atoms with E-state index in [1.165, 1.54) is 17.3 Å². The fourth-order valence-corrected chi connectivity index (χ4v) is 4.01. The third-order valence-corrected chi connectivity index (χ3v) is 5.80. The number of fused-ring (bicyclic) bond motifs is 1. The Labute approximate surface area is 159 Å². The molecule has 1 aromatic carbocycles. The van der Waals surface area contributed by atoms with Crippen molar-refractivity contribution in [2.75, 3.05) is 5.32 Å². The number of hydrogen-bond donors (Lipinski definition) is 1. The fraction of sp³-hybridized carbons (Fsp3) is 0.381. The third-order valence-electron chi connectivity index (χ3n) is 4.69. The number of carbonyl (C=O) groups is 1. The first kappa shape index (κ1) is 18.5. The van der Waals surface area contributed by atoms with E-state index in [-0.39, 0.29) is 11.2 Å². The van der Waals surface area contributed by atoms with Crippen LogP contribution >= 0.6 is 11.8 Å². The normalized spacial score (nSPS) is 14.2. The van der Waals surface area contributed by atoms with Gasteiger partial charge in [0.15, 0.2) is 0 Å². The van der Waals surface area contributed by atoms with Crippen molar-refractivity contribution in [3.05, 3.63) is 52.2 Å². The van der Waals surface area contributed by atoms with Crippen molar-refractivity contribution in [3.63, 3.8) is 0 Å². The van der Waals surface area contributed by atoms with E-state index < -0.39 is 0 Å². The van der Waals surface area contributed by atoms with Crippen LogP contribution in [0.5, 0.6) is 0 Å². The molecule has 0 saturated heterocycles. The summed E-state index contributed by atoms with van der Waals surface area (Å²) in [6, 6.07) is 10.2. The van der Waals surface area contributed by atoms with E-state index in [0.717, 1.165) is 48.2 Å². The Morgan fingerprint density at radius 3 is 2.81 bits per heavy atom. The Morgan fingerprint density at radius 1 is 1.27 bits per heavy atom. The molecule has 0 spiro atoms. The van der Waals surface area contributed by atoms with E-state index in [2.05, 4.69) is 11.4 Å². The van der Waals surface area contributed by atoms with Gasteiger partial charge in [-0.15, -0.1) is 0 Å². The quantitative estimate of drug-likeness (QED) is 0.806. The Hall–Kier alpha value is -2.32. The number of rotatable bonds is 4. The third kappa shape index (κ3) is 4.08. The first-order valence-electron chi connectivity index (χ1n) is 8.95. The van der Waals surface area contributed by atoms with Gasteiger partial charge in [0.25, 0.3) is 0 Å². The lowest BCUT2D eigenvalue weighted by Crippen LogP contribution is -2.23. The van der Waals surface area contributed by atoms with E-state index in [0.29, 0.717) is 10.6 Å². The van der Waals surface area contributed by atoms with Gasteiger partial charge in [-0.05, 0) is 75.3 Å². The maximum atomic E-state index is 12.6. The second-order valence-corrected chi connectivity index (χ2v) is 8.16. The zero-order chi connectivity index (χ0) is 18.7. The predicted molar refractivity (Wildman–Crippen MR) is 105 cm³/mol. The molecule has 0 saturated carbocycles. The minimum Gasteiger partial charge on any atom is -0.325 e. The van der Waals surface area contributed by atoms with Gasteiger partial charge < -0.3 is 5.32 Å². The van der Waals surface area contributed by atoms with Crippen LogP contribution in [0, 0.1) is 25.2 Å². The van der Waals surface area contributed by atoms with Crippen LogP contribution < -0.4 is 5.32 Å². The van der Waals surface area contributed by atoms with Crippen LogP contribution in [-0.4, -0.2) is 16.1 Å². The van der Waals surface area contributed by atoms with Crippen LogP contribution in [0.2, 0.25) is 0 Å². The van der Waals surface area contributed by atoms with Gasteiger partial charge >= 0.3 is 0 Å². The van der Waals surface area contributed by atoms with E-state index >= 15 is 0 Å². The average Bonchev–Trinajstić information content (AvgIpc) is 2.64. The van der Waals surface area contributed by atoms with Crippen LogP contribution in [0.3, 0.4) is 0 Å². The lowest BCUT2D eigenvalue weighted by molar-refractivity contribution is -0.115. The molecular weight excluding hydrogens is 342 g/mol. The Kier molecular flexibility index (Phi) is 5.63. The molecule has 0 aliphatic heterocycles. The van der Waals surface area contributed by atoms with Crippen molar-refractivity contribution in [1.82, 2.24) is 4.98 Å². The molecule has 0 radical (unpaired) electrons. The number of benzene rings is 1. The molecule has 2 aromatic rings. The summed E-state index contributed by atoms with van der Waals surface area (Å²) >= 11 is 1.36. The zero-order valence-electron chi connectivity index (χ0n) is 15.4. The minimum absolute atomic E-state index is 0.0767. The van der Waals surface area contributed by atoms with Crippen molar-refractivity contribution in [3.8, 4) is 6.07 Å². The summed E-state index contributed by atoms with van der Waals surface area (Å²) in [5.41, 5.74) is 5.81. The predicted octanol–water partition coefficient (Wildman–Crippen LogP) is 4.57. The topological polar surface area (TPSA) is 65.8 Å². The molecule has 1 amide bonds. The van der Waals surface area contributed by atoms with Gasteiger partial charge in [-0.25, -0.2) is 4.98 Å². The Morgan fingerprint density at radius 2 is 2.04 bits per heavy atom. The average molecular weight is 366 g/mol. The summed E-state index contributed by atoms with van der Waals surface area (Å²) in [6.07, 6.45) is 4.24. The van der Waals surface area contributed by atoms with Gasteiger partial charge in [0, 0.05) is 11.4 Å². The van der Waals surface area contributed by atoms with E-state index in [9.17, 15) is 10.1 Å². The SMILES string of the molecule is Cc1ccc(C)c(NC(=O)[C@@H](C)Sc2nc3c(cc2C#N)CCCC3)c1. The number of hydrogen-bond acceptors (Lipinski definition) is 4. The molecule has 4 nitrogen and oxygen atoms in total. The smallest absolute Gasteiger partial charge is 0.237 e. The first-order valence-corrected chi connectivity index (χ1v) is 9.83. The summed E-state index contributed by atoms with van der Waals surface area (Å²) in [5.74, 6) is -0.0767. The molecule has 1 atom stereocenters. The highest BCUT2D eigenvalue weighted by atomic mass is 32.2. The number of nitrogens with one attached hydrogen (secondary N) is 1. The summed E-state index contributed by atoms with van der Waals surface area (Å²) in [5, 5.41) is 12.8. The van der Waals surface area contributed by atoms with Crippen LogP contribution in [0.1, 0.15) is 47.7 Å². The second-order valence-electron chi connectivity index (χ2n) is 6.83. The molecule has 5 heteroatoms. The molecule has 1 heterocycles. The molecule has 1 aliphatic rings. The van der Waals surface area contributed by atoms with Crippen molar-refractivity contribution < 1.29 is 4.79 Å². The number of aromatic nitrogens is 1. The Balaban J connectivity index is 1.77. The maximum absolute atomic E-state index is 12.6. The number of nitrogens with zero attached hydrogens (tertiary/aromatic N) is 2. The van der Waals surface area contributed by atoms with Gasteiger partial charge in [0.2, 0.25) is 5.91 Å². The number of nitriles is 1. The maximum Gasteiger partial charge on any atom is 0.237 e. The van der Waals surface area contributed by atoms with Crippen molar-refractivity contribution in [1.29, 1.82) is 5.26 Å². The number of thioether (sulfide) groups is 1. The van der Waals surface area contributed by atoms with Crippen molar-refractivity contribution in [2.24, 2.45) is 0 Å². The minimum atomic E-state index is -0.337. The molecule has 0 unspecified atom stereocenters. The lowest BCUT2D eigenvalue weighted by atomic mass is 9.95. The molecular formula is C21H23N3OS. The van der Waals surface area contributed by atoms with Crippen molar-refractivity contribution >= 4 is 23.4 Å². The number of amides is 1. The van der Waals surface area contributed by atoms with Gasteiger partial charge in [0.05, 0.1) is 10.8 Å². The molecule has 134 valence electrons. The molecule has 1 aliphatic carbocycles. The first-order chi connectivity index (χ1) is 12.5. The molecule has 26 heavy (non-hydrogen) atoms. The van der Waals surface area contributed by atoms with E-state index in [1.807, 2.05) is 45.0 Å². The molecule has 1 aromatic heterocycles.